The van der Waals surface area contributed by atoms with Crippen LogP contribution in [0.25, 0.3) is 0 Å². The van der Waals surface area contributed by atoms with Crippen molar-refractivity contribution in [1.29, 1.82) is 0 Å². The zero-order valence-electron chi connectivity index (χ0n) is 19.9. The Morgan fingerprint density at radius 2 is 1.95 bits per heavy atom. The minimum atomic E-state index is -4.36. The number of rotatable bonds is 11. The number of nitrogens with one attached hydrogen (secondary N) is 2. The van der Waals surface area contributed by atoms with Crippen molar-refractivity contribution >= 4 is 29.3 Å². The van der Waals surface area contributed by atoms with Crippen LogP contribution in [0.15, 0.2) is 24.5 Å². The van der Waals surface area contributed by atoms with E-state index in [0.717, 1.165) is 0 Å². The van der Waals surface area contributed by atoms with Gasteiger partial charge in [0.25, 0.3) is 5.91 Å². The van der Waals surface area contributed by atoms with Crippen LogP contribution in [0.5, 0.6) is 5.88 Å². The van der Waals surface area contributed by atoms with Crippen LogP contribution in [-0.4, -0.2) is 64.6 Å². The maximum absolute atomic E-state index is 13.1. The number of nitrogens with zero attached hydrogens (tertiary/aromatic N) is 3. The standard InChI is InChI=1S/C23H24ClF4N5O4/c1-12(14-7-17(24)20(32-9-14)37-11-23(27,28)22(25)26)33-10-16-15(21(33)36)3-4-30-18(16)8-19(35)31-6-5-29-13(2)34/h3-4,7,9,12,22H,5-6,8,10-11H2,1-2H3,(H,29,34)(H,31,35). The summed E-state index contributed by atoms with van der Waals surface area (Å²) in [5.41, 5.74) is 1.85. The fourth-order valence-corrected chi connectivity index (χ4v) is 3.84. The SMILES string of the molecule is CC(=O)NCCNC(=O)Cc1nccc2c1CN(C(C)c1cnc(OCC(F)(F)C(F)F)c(Cl)c1)C2=O. The number of carbonyl (C=O) groups is 3. The van der Waals surface area contributed by atoms with Crippen LogP contribution in [0.1, 0.15) is 47.1 Å². The second-order valence-electron chi connectivity index (χ2n) is 8.31. The lowest BCUT2D eigenvalue weighted by molar-refractivity contribution is -0.148. The van der Waals surface area contributed by atoms with Crippen LogP contribution in [0.3, 0.4) is 0 Å². The van der Waals surface area contributed by atoms with E-state index >= 15 is 0 Å². The highest BCUT2D eigenvalue weighted by molar-refractivity contribution is 6.31. The van der Waals surface area contributed by atoms with Gasteiger partial charge in [-0.05, 0) is 24.6 Å². The van der Waals surface area contributed by atoms with Gasteiger partial charge < -0.3 is 20.3 Å². The Balaban J connectivity index is 1.68. The maximum Gasteiger partial charge on any atom is 0.340 e. The molecule has 0 saturated carbocycles. The Morgan fingerprint density at radius 1 is 1.24 bits per heavy atom. The normalized spacial score (nSPS) is 13.9. The number of ether oxygens (including phenoxy) is 1. The third-order valence-corrected chi connectivity index (χ3v) is 5.88. The summed E-state index contributed by atoms with van der Waals surface area (Å²) in [4.78, 5) is 45.9. The molecule has 3 amide bonds. The molecule has 1 unspecified atom stereocenters. The molecule has 0 spiro atoms. The zero-order valence-corrected chi connectivity index (χ0v) is 20.6. The summed E-state index contributed by atoms with van der Waals surface area (Å²) in [7, 11) is 0. The average molecular weight is 546 g/mol. The summed E-state index contributed by atoms with van der Waals surface area (Å²) in [5.74, 6) is -5.65. The van der Waals surface area contributed by atoms with Gasteiger partial charge in [-0.2, -0.15) is 8.78 Å². The molecular formula is C23H24ClF4N5O4. The lowest BCUT2D eigenvalue weighted by Crippen LogP contribution is -2.34. The fraction of sp³-hybridized carbons (Fsp3) is 0.435. The van der Waals surface area contributed by atoms with Crippen molar-refractivity contribution in [2.24, 2.45) is 0 Å². The summed E-state index contributed by atoms with van der Waals surface area (Å²) in [6, 6.07) is 2.34. The van der Waals surface area contributed by atoms with Gasteiger partial charge in [-0.15, -0.1) is 0 Å². The van der Waals surface area contributed by atoms with E-state index in [1.165, 1.54) is 30.3 Å². The molecule has 1 aliphatic rings. The van der Waals surface area contributed by atoms with Crippen molar-refractivity contribution in [3.8, 4) is 5.88 Å². The number of alkyl halides is 4. The summed E-state index contributed by atoms with van der Waals surface area (Å²) in [5, 5.41) is 5.05. The van der Waals surface area contributed by atoms with Crippen molar-refractivity contribution in [1.82, 2.24) is 25.5 Å². The maximum atomic E-state index is 13.1. The van der Waals surface area contributed by atoms with E-state index in [1.807, 2.05) is 0 Å². The van der Waals surface area contributed by atoms with Crippen molar-refractivity contribution in [2.45, 2.75) is 45.2 Å². The number of fused-ring (bicyclic) bond motifs is 1. The second-order valence-corrected chi connectivity index (χ2v) is 8.72. The predicted octanol–water partition coefficient (Wildman–Crippen LogP) is 2.92. The lowest BCUT2D eigenvalue weighted by atomic mass is 10.1. The van der Waals surface area contributed by atoms with E-state index < -0.39 is 30.9 Å². The zero-order chi connectivity index (χ0) is 27.3. The molecule has 2 aromatic rings. The summed E-state index contributed by atoms with van der Waals surface area (Å²) in [6.07, 6.45) is -1.28. The summed E-state index contributed by atoms with van der Waals surface area (Å²) < 4.78 is 55.6. The average Bonchev–Trinajstić information content (AvgIpc) is 3.17. The Labute approximate surface area is 214 Å². The van der Waals surface area contributed by atoms with Gasteiger partial charge in [0.1, 0.15) is 5.02 Å². The first-order valence-electron chi connectivity index (χ1n) is 11.1. The molecule has 2 N–H and O–H groups in total. The second kappa shape index (κ2) is 11.7. The van der Waals surface area contributed by atoms with Gasteiger partial charge in [-0.25, -0.2) is 13.8 Å². The lowest BCUT2D eigenvalue weighted by Gasteiger charge is -2.25. The first-order valence-corrected chi connectivity index (χ1v) is 11.5. The minimum Gasteiger partial charge on any atom is -0.470 e. The molecular weight excluding hydrogens is 522 g/mol. The van der Waals surface area contributed by atoms with Crippen LogP contribution in [0.4, 0.5) is 17.6 Å². The van der Waals surface area contributed by atoms with Crippen molar-refractivity contribution in [3.63, 3.8) is 0 Å². The number of halogens is 5. The van der Waals surface area contributed by atoms with Gasteiger partial charge in [-0.3, -0.25) is 19.4 Å². The van der Waals surface area contributed by atoms with E-state index in [2.05, 4.69) is 25.3 Å². The van der Waals surface area contributed by atoms with Crippen LogP contribution >= 0.6 is 11.6 Å². The number of hydrogen-bond acceptors (Lipinski definition) is 6. The van der Waals surface area contributed by atoms with Gasteiger partial charge in [0.2, 0.25) is 17.7 Å². The minimum absolute atomic E-state index is 0.0680. The van der Waals surface area contributed by atoms with Crippen LogP contribution in [0, 0.1) is 0 Å². The largest absolute Gasteiger partial charge is 0.470 e. The molecule has 0 saturated heterocycles. The van der Waals surface area contributed by atoms with Crippen molar-refractivity contribution < 1.29 is 36.7 Å². The number of amides is 3. The van der Waals surface area contributed by atoms with Gasteiger partial charge in [0.15, 0.2) is 6.61 Å². The van der Waals surface area contributed by atoms with E-state index in [4.69, 9.17) is 11.6 Å². The predicted molar refractivity (Wildman–Crippen MR) is 124 cm³/mol. The summed E-state index contributed by atoms with van der Waals surface area (Å²) >= 11 is 6.07. The van der Waals surface area contributed by atoms with E-state index in [-0.39, 0.29) is 48.8 Å². The van der Waals surface area contributed by atoms with Crippen LogP contribution in [-0.2, 0) is 22.6 Å². The molecule has 2 aromatic heterocycles. The van der Waals surface area contributed by atoms with Gasteiger partial charge in [0, 0.05) is 50.1 Å². The monoisotopic (exact) mass is 545 g/mol. The Morgan fingerprint density at radius 3 is 2.59 bits per heavy atom. The Hall–Kier alpha value is -3.48. The third kappa shape index (κ3) is 6.85. The molecule has 200 valence electrons. The van der Waals surface area contributed by atoms with E-state index in [0.29, 0.717) is 22.4 Å². The molecule has 3 rings (SSSR count). The van der Waals surface area contributed by atoms with Crippen LogP contribution in [0.2, 0.25) is 5.02 Å². The van der Waals surface area contributed by atoms with Crippen LogP contribution < -0.4 is 15.4 Å². The smallest absolute Gasteiger partial charge is 0.340 e. The number of aromatic nitrogens is 2. The molecule has 0 radical (unpaired) electrons. The first kappa shape index (κ1) is 28.1. The first-order chi connectivity index (χ1) is 17.4. The molecule has 0 aliphatic carbocycles. The molecule has 0 fully saturated rings. The Bertz CT molecular complexity index is 1180. The van der Waals surface area contributed by atoms with Crippen molar-refractivity contribution in [3.05, 3.63) is 51.9 Å². The topological polar surface area (TPSA) is 114 Å². The molecule has 14 heteroatoms. The quantitative estimate of drug-likeness (QED) is 0.332. The number of pyridine rings is 2. The molecule has 37 heavy (non-hydrogen) atoms. The third-order valence-electron chi connectivity index (χ3n) is 5.61. The highest BCUT2D eigenvalue weighted by Gasteiger charge is 2.42. The molecule has 0 bridgehead atoms. The molecule has 1 aliphatic heterocycles. The van der Waals surface area contributed by atoms with Gasteiger partial charge in [-0.1, -0.05) is 11.6 Å². The van der Waals surface area contributed by atoms with Gasteiger partial charge in [0.05, 0.1) is 18.2 Å². The van der Waals surface area contributed by atoms with Gasteiger partial charge >= 0.3 is 12.3 Å². The highest BCUT2D eigenvalue weighted by Crippen LogP contribution is 2.35. The summed E-state index contributed by atoms with van der Waals surface area (Å²) in [6.45, 7) is 2.14. The molecule has 3 heterocycles. The molecule has 9 nitrogen and oxygen atoms in total. The van der Waals surface area contributed by atoms with E-state index in [1.54, 1.807) is 13.0 Å². The van der Waals surface area contributed by atoms with Crippen molar-refractivity contribution in [2.75, 3.05) is 19.7 Å². The highest BCUT2D eigenvalue weighted by atomic mass is 35.5. The van der Waals surface area contributed by atoms with E-state index in [9.17, 15) is 31.9 Å². The Kier molecular flexibility index (Phi) is 8.89. The number of hydrogen-bond donors (Lipinski definition) is 2. The number of carbonyl (C=O) groups excluding carboxylic acids is 3. The fourth-order valence-electron chi connectivity index (χ4n) is 3.61. The molecule has 1 atom stereocenters. The molecule has 0 aromatic carbocycles.